The summed E-state index contributed by atoms with van der Waals surface area (Å²) >= 11 is 0. The predicted molar refractivity (Wildman–Crippen MR) is 138 cm³/mol. The highest BCUT2D eigenvalue weighted by atomic mass is 127. The van der Waals surface area contributed by atoms with Gasteiger partial charge in [0.2, 0.25) is 5.91 Å². The molecule has 2 heterocycles. The van der Waals surface area contributed by atoms with E-state index in [1.807, 2.05) is 6.92 Å². The highest BCUT2D eigenvalue weighted by molar-refractivity contribution is 14.0. The zero-order chi connectivity index (χ0) is 22.0. The Balaban J connectivity index is 0.00000480. The average Bonchev–Trinajstić information content (AvgIpc) is 2.85. The Bertz CT molecular complexity index is 664. The van der Waals surface area contributed by atoms with Crippen molar-refractivity contribution in [2.45, 2.75) is 71.4 Å². The van der Waals surface area contributed by atoms with E-state index in [-0.39, 0.29) is 47.4 Å². The first-order valence-corrected chi connectivity index (χ1v) is 13.4. The number of hydrogen-bond acceptors (Lipinski definition) is 5. The number of aliphatic imine (C=N–C) groups is 1. The van der Waals surface area contributed by atoms with Crippen LogP contribution in [0.1, 0.15) is 59.3 Å². The summed E-state index contributed by atoms with van der Waals surface area (Å²) in [5, 5.41) is 9.33. The second kappa shape index (κ2) is 14.5. The molecule has 31 heavy (non-hydrogen) atoms. The Morgan fingerprint density at radius 3 is 2.35 bits per heavy atom. The van der Waals surface area contributed by atoms with Gasteiger partial charge in [0, 0.05) is 31.6 Å². The van der Waals surface area contributed by atoms with E-state index < -0.39 is 9.84 Å². The maximum absolute atomic E-state index is 12.1. The molecule has 2 rings (SSSR count). The smallest absolute Gasteiger partial charge is 0.222 e. The fraction of sp³-hybridized carbons (Fsp3) is 0.905. The Hall–Kier alpha value is -0.620. The first kappa shape index (κ1) is 28.4. The van der Waals surface area contributed by atoms with Gasteiger partial charge in [-0.05, 0) is 45.2 Å². The van der Waals surface area contributed by atoms with E-state index in [9.17, 15) is 13.2 Å². The lowest BCUT2D eigenvalue weighted by atomic mass is 10.0. The van der Waals surface area contributed by atoms with Crippen LogP contribution in [0.4, 0.5) is 0 Å². The van der Waals surface area contributed by atoms with Gasteiger partial charge >= 0.3 is 0 Å². The van der Waals surface area contributed by atoms with Gasteiger partial charge in [0.25, 0.3) is 0 Å². The first-order chi connectivity index (χ1) is 14.3. The van der Waals surface area contributed by atoms with E-state index in [1.165, 1.54) is 25.7 Å². The molecule has 8 nitrogen and oxygen atoms in total. The summed E-state index contributed by atoms with van der Waals surface area (Å²) in [5.74, 6) is 1.37. The van der Waals surface area contributed by atoms with Gasteiger partial charge in [-0.1, -0.05) is 26.7 Å². The lowest BCUT2D eigenvalue weighted by Crippen LogP contribution is -2.44. The molecule has 0 saturated carbocycles. The topological polar surface area (TPSA) is 103 Å². The molecule has 0 bridgehead atoms. The molecule has 10 heteroatoms. The second-order valence-electron chi connectivity index (χ2n) is 8.83. The van der Waals surface area contributed by atoms with Gasteiger partial charge in [0.15, 0.2) is 15.8 Å². The van der Waals surface area contributed by atoms with Gasteiger partial charge in [0.05, 0.1) is 18.1 Å². The summed E-state index contributed by atoms with van der Waals surface area (Å²) in [6.45, 7) is 10.8. The number of carbonyl (C=O) groups excluding carboxylic acids is 1. The van der Waals surface area contributed by atoms with Crippen LogP contribution in [0.3, 0.4) is 0 Å². The molecule has 2 atom stereocenters. The van der Waals surface area contributed by atoms with Crippen LogP contribution in [0.25, 0.3) is 0 Å². The molecule has 2 aliphatic rings. The number of sulfone groups is 1. The molecule has 182 valence electrons. The molecule has 2 fully saturated rings. The van der Waals surface area contributed by atoms with E-state index in [0.29, 0.717) is 31.3 Å². The standard InChI is InChI=1S/C21H41N5O3S.HI/c1-4-22-21(23-11-9-20(27)25-18-10-14-30(28,29)16-18)24-15-19(17(2)3)26-12-7-5-6-8-13-26;/h17-19H,4-16H2,1-3H3,(H,25,27)(H2,22,23,24);1H. The average molecular weight is 572 g/mol. The molecule has 0 aliphatic carbocycles. The summed E-state index contributed by atoms with van der Waals surface area (Å²) in [6.07, 6.45) is 5.98. The minimum Gasteiger partial charge on any atom is -0.357 e. The maximum Gasteiger partial charge on any atom is 0.222 e. The van der Waals surface area contributed by atoms with Gasteiger partial charge in [-0.3, -0.25) is 14.7 Å². The van der Waals surface area contributed by atoms with Crippen molar-refractivity contribution in [2.24, 2.45) is 10.9 Å². The number of hydrogen-bond donors (Lipinski definition) is 3. The van der Waals surface area contributed by atoms with E-state index in [1.54, 1.807) is 0 Å². The third-order valence-corrected chi connectivity index (χ3v) is 7.67. The van der Waals surface area contributed by atoms with Crippen molar-refractivity contribution in [3.05, 3.63) is 0 Å². The Morgan fingerprint density at radius 1 is 1.13 bits per heavy atom. The van der Waals surface area contributed by atoms with Crippen molar-refractivity contribution in [3.8, 4) is 0 Å². The minimum absolute atomic E-state index is 0. The number of amides is 1. The van der Waals surface area contributed by atoms with E-state index in [4.69, 9.17) is 4.99 Å². The van der Waals surface area contributed by atoms with Crippen molar-refractivity contribution in [3.63, 3.8) is 0 Å². The van der Waals surface area contributed by atoms with Crippen LogP contribution in [0.5, 0.6) is 0 Å². The molecule has 0 spiro atoms. The molecule has 2 unspecified atom stereocenters. The number of carbonyl (C=O) groups is 1. The summed E-state index contributed by atoms with van der Waals surface area (Å²) in [7, 11) is -2.98. The Kier molecular flexibility index (Phi) is 13.3. The monoisotopic (exact) mass is 571 g/mol. The molecule has 3 N–H and O–H groups in total. The molecule has 0 aromatic carbocycles. The van der Waals surface area contributed by atoms with Crippen LogP contribution in [0, 0.1) is 5.92 Å². The summed E-state index contributed by atoms with van der Waals surface area (Å²) in [5.41, 5.74) is 0. The number of nitrogens with one attached hydrogen (secondary N) is 3. The second-order valence-corrected chi connectivity index (χ2v) is 11.1. The summed E-state index contributed by atoms with van der Waals surface area (Å²) < 4.78 is 23.0. The van der Waals surface area contributed by atoms with Gasteiger partial charge in [0.1, 0.15) is 0 Å². The largest absolute Gasteiger partial charge is 0.357 e. The van der Waals surface area contributed by atoms with Crippen molar-refractivity contribution >= 4 is 45.7 Å². The summed E-state index contributed by atoms with van der Waals surface area (Å²) in [6, 6.07) is 0.177. The molecular formula is C21H42IN5O3S. The fourth-order valence-corrected chi connectivity index (χ4v) is 5.88. The van der Waals surface area contributed by atoms with E-state index >= 15 is 0 Å². The Labute approximate surface area is 205 Å². The lowest BCUT2D eigenvalue weighted by molar-refractivity contribution is -0.121. The van der Waals surface area contributed by atoms with Crippen LogP contribution in [0.15, 0.2) is 4.99 Å². The molecule has 0 radical (unpaired) electrons. The molecule has 0 aromatic rings. The molecular weight excluding hydrogens is 529 g/mol. The molecule has 1 amide bonds. The number of nitrogens with zero attached hydrogens (tertiary/aromatic N) is 2. The van der Waals surface area contributed by atoms with Crippen molar-refractivity contribution in [1.29, 1.82) is 0 Å². The number of likely N-dealkylation sites (tertiary alicyclic amines) is 1. The molecule has 2 saturated heterocycles. The first-order valence-electron chi connectivity index (χ1n) is 11.6. The summed E-state index contributed by atoms with van der Waals surface area (Å²) in [4.78, 5) is 19.5. The van der Waals surface area contributed by atoms with Crippen LogP contribution < -0.4 is 16.0 Å². The zero-order valence-corrected chi connectivity index (χ0v) is 22.5. The number of halogens is 1. The SMILES string of the molecule is CCNC(=NCC(C(C)C)N1CCCCCC1)NCCC(=O)NC1CCS(=O)(=O)C1.I. The Morgan fingerprint density at radius 2 is 1.81 bits per heavy atom. The van der Waals surface area contributed by atoms with Crippen LogP contribution in [0.2, 0.25) is 0 Å². The number of guanidine groups is 1. The van der Waals surface area contributed by atoms with Crippen molar-refractivity contribution in [2.75, 3.05) is 44.2 Å². The van der Waals surface area contributed by atoms with Crippen LogP contribution in [-0.4, -0.2) is 81.5 Å². The van der Waals surface area contributed by atoms with E-state index in [0.717, 1.165) is 32.1 Å². The van der Waals surface area contributed by atoms with Gasteiger partial charge < -0.3 is 16.0 Å². The highest BCUT2D eigenvalue weighted by Crippen LogP contribution is 2.17. The fourth-order valence-electron chi connectivity index (χ4n) is 4.20. The van der Waals surface area contributed by atoms with E-state index in [2.05, 4.69) is 34.7 Å². The predicted octanol–water partition coefficient (Wildman–Crippen LogP) is 1.75. The molecule has 2 aliphatic heterocycles. The zero-order valence-electron chi connectivity index (χ0n) is 19.4. The van der Waals surface area contributed by atoms with Gasteiger partial charge in [-0.25, -0.2) is 8.42 Å². The van der Waals surface area contributed by atoms with Gasteiger partial charge in [-0.2, -0.15) is 0 Å². The normalized spacial score (nSPS) is 23.0. The van der Waals surface area contributed by atoms with Crippen molar-refractivity contribution in [1.82, 2.24) is 20.9 Å². The third kappa shape index (κ3) is 10.7. The molecule has 0 aromatic heterocycles. The lowest BCUT2D eigenvalue weighted by Gasteiger charge is -2.32. The van der Waals surface area contributed by atoms with Crippen LogP contribution in [-0.2, 0) is 14.6 Å². The number of rotatable bonds is 9. The quantitative estimate of drug-likeness (QED) is 0.222. The van der Waals surface area contributed by atoms with Crippen molar-refractivity contribution < 1.29 is 13.2 Å². The third-order valence-electron chi connectivity index (χ3n) is 5.90. The highest BCUT2D eigenvalue weighted by Gasteiger charge is 2.28. The maximum atomic E-state index is 12.1. The van der Waals surface area contributed by atoms with Crippen LogP contribution >= 0.6 is 24.0 Å². The minimum atomic E-state index is -2.98. The van der Waals surface area contributed by atoms with Gasteiger partial charge in [-0.15, -0.1) is 24.0 Å².